The van der Waals surface area contributed by atoms with Crippen LogP contribution in [0.4, 0.5) is 16.2 Å². The average Bonchev–Trinajstić information content (AvgIpc) is 3.42. The zero-order chi connectivity index (χ0) is 22.8. The number of amides is 2. The maximum atomic E-state index is 13.4. The number of urea groups is 1. The highest BCUT2D eigenvalue weighted by molar-refractivity contribution is 7.91. The molecule has 1 saturated carbocycles. The molecule has 33 heavy (non-hydrogen) atoms. The highest BCUT2D eigenvalue weighted by Crippen LogP contribution is 2.50. The molecule has 2 amide bonds. The van der Waals surface area contributed by atoms with Gasteiger partial charge in [-0.3, -0.25) is 4.68 Å². The third kappa shape index (κ3) is 3.50. The molecule has 4 aliphatic rings. The van der Waals surface area contributed by atoms with Gasteiger partial charge in [0.1, 0.15) is 0 Å². The van der Waals surface area contributed by atoms with E-state index in [0.29, 0.717) is 31.7 Å². The molecular weight excluding hydrogens is 442 g/mol. The number of nitrogens with one attached hydrogen (secondary N) is 2. The fourth-order valence-corrected chi connectivity index (χ4v) is 7.37. The van der Waals surface area contributed by atoms with Crippen LogP contribution in [0.1, 0.15) is 47.9 Å². The monoisotopic (exact) mass is 471 g/mol. The van der Waals surface area contributed by atoms with Crippen molar-refractivity contribution in [1.29, 1.82) is 0 Å². The molecular formula is C23H29N5O4S. The van der Waals surface area contributed by atoms with E-state index in [-0.39, 0.29) is 11.5 Å². The van der Waals surface area contributed by atoms with Crippen LogP contribution in [0.5, 0.6) is 0 Å². The SMILES string of the molecule is Cn1cc(N(C2CC3(COC3)C2)S(=O)(=O)NC(=O)Nc2c3c(cc4c2CCC4)CCC3)cn1. The van der Waals surface area contributed by atoms with Gasteiger partial charge in [0.15, 0.2) is 0 Å². The number of ether oxygens (including phenoxy) is 1. The van der Waals surface area contributed by atoms with E-state index in [9.17, 15) is 13.2 Å². The highest BCUT2D eigenvalue weighted by Gasteiger charge is 2.54. The molecule has 2 N–H and O–H groups in total. The quantitative estimate of drug-likeness (QED) is 0.697. The van der Waals surface area contributed by atoms with Gasteiger partial charge < -0.3 is 10.1 Å². The van der Waals surface area contributed by atoms with E-state index in [0.717, 1.165) is 44.2 Å². The number of fused-ring (bicyclic) bond motifs is 2. The molecule has 0 radical (unpaired) electrons. The lowest BCUT2D eigenvalue weighted by molar-refractivity contribution is -0.161. The van der Waals surface area contributed by atoms with Crippen LogP contribution < -0.4 is 14.3 Å². The Hall–Kier alpha value is -2.59. The van der Waals surface area contributed by atoms with Gasteiger partial charge in [-0.15, -0.1) is 0 Å². The molecule has 1 aliphatic heterocycles. The Balaban J connectivity index is 1.25. The molecule has 1 saturated heterocycles. The van der Waals surface area contributed by atoms with Gasteiger partial charge in [-0.1, -0.05) is 6.07 Å². The van der Waals surface area contributed by atoms with Crippen molar-refractivity contribution in [2.24, 2.45) is 12.5 Å². The summed E-state index contributed by atoms with van der Waals surface area (Å²) < 4.78 is 37.4. The summed E-state index contributed by atoms with van der Waals surface area (Å²) in [6.45, 7) is 1.34. The molecule has 0 bridgehead atoms. The van der Waals surface area contributed by atoms with Gasteiger partial charge in [0.05, 0.1) is 25.1 Å². The van der Waals surface area contributed by atoms with E-state index in [1.54, 1.807) is 17.9 Å². The molecule has 6 rings (SSSR count). The van der Waals surface area contributed by atoms with Crippen LogP contribution in [0.25, 0.3) is 0 Å². The summed E-state index contributed by atoms with van der Waals surface area (Å²) in [7, 11) is -2.38. The Kier molecular flexibility index (Phi) is 4.74. The van der Waals surface area contributed by atoms with Crippen molar-refractivity contribution in [2.45, 2.75) is 57.4 Å². The second-order valence-electron chi connectivity index (χ2n) is 10.0. The molecule has 0 unspecified atom stereocenters. The van der Waals surface area contributed by atoms with Gasteiger partial charge in [0, 0.05) is 30.4 Å². The normalized spacial score (nSPS) is 20.6. The van der Waals surface area contributed by atoms with Crippen molar-refractivity contribution in [3.8, 4) is 0 Å². The van der Waals surface area contributed by atoms with E-state index in [1.165, 1.54) is 32.8 Å². The van der Waals surface area contributed by atoms with E-state index in [1.807, 2.05) is 0 Å². The largest absolute Gasteiger partial charge is 0.380 e. The summed E-state index contributed by atoms with van der Waals surface area (Å²) in [5.41, 5.74) is 6.26. The predicted molar refractivity (Wildman–Crippen MR) is 124 cm³/mol. The molecule has 1 aromatic heterocycles. The standard InChI is InChI=1S/C23H29N5O4S/c1-27-12-18(11-24-27)28(17-9-23(10-17)13-32-14-23)33(30,31)26-22(29)25-21-19-6-2-4-15(19)8-16-5-3-7-20(16)21/h8,11-12,17H,2-7,9-10,13-14H2,1H3,(H2,25,26,29). The molecule has 10 heteroatoms. The maximum absolute atomic E-state index is 13.4. The van der Waals surface area contributed by atoms with Crippen molar-refractivity contribution in [3.05, 3.63) is 40.7 Å². The van der Waals surface area contributed by atoms with Crippen LogP contribution in [0.2, 0.25) is 0 Å². The predicted octanol–water partition coefficient (Wildman–Crippen LogP) is 2.45. The van der Waals surface area contributed by atoms with Crippen molar-refractivity contribution < 1.29 is 17.9 Å². The van der Waals surface area contributed by atoms with E-state index >= 15 is 0 Å². The number of benzene rings is 1. The van der Waals surface area contributed by atoms with Crippen LogP contribution in [0.3, 0.4) is 0 Å². The molecule has 176 valence electrons. The Morgan fingerprint density at radius 2 is 1.82 bits per heavy atom. The van der Waals surface area contributed by atoms with Crippen molar-refractivity contribution in [1.82, 2.24) is 14.5 Å². The fourth-order valence-electron chi connectivity index (χ4n) is 6.07. The third-order valence-corrected chi connectivity index (χ3v) is 9.09. The van der Waals surface area contributed by atoms with E-state index < -0.39 is 16.2 Å². The first kappa shape index (κ1) is 21.0. The van der Waals surface area contributed by atoms with Crippen molar-refractivity contribution in [2.75, 3.05) is 22.8 Å². The Labute approximate surface area is 193 Å². The Morgan fingerprint density at radius 3 is 2.36 bits per heavy atom. The summed E-state index contributed by atoms with van der Waals surface area (Å²) in [6.07, 6.45) is 10.6. The minimum absolute atomic E-state index is 0.0774. The number of carbonyl (C=O) groups is 1. The molecule has 2 fully saturated rings. The first-order valence-electron chi connectivity index (χ1n) is 11.7. The van der Waals surface area contributed by atoms with Crippen LogP contribution in [0, 0.1) is 5.41 Å². The number of rotatable bonds is 5. The fraction of sp³-hybridized carbons (Fsp3) is 0.565. The third-order valence-electron chi connectivity index (χ3n) is 7.62. The highest BCUT2D eigenvalue weighted by atomic mass is 32.2. The van der Waals surface area contributed by atoms with Crippen LogP contribution in [0.15, 0.2) is 18.5 Å². The van der Waals surface area contributed by atoms with Crippen molar-refractivity contribution >= 4 is 27.6 Å². The molecule has 1 aromatic carbocycles. The van der Waals surface area contributed by atoms with Gasteiger partial charge in [-0.2, -0.15) is 13.5 Å². The molecule has 2 heterocycles. The second-order valence-corrected chi connectivity index (χ2v) is 11.6. The average molecular weight is 472 g/mol. The summed E-state index contributed by atoms with van der Waals surface area (Å²) in [5, 5.41) is 7.07. The maximum Gasteiger partial charge on any atom is 0.334 e. The molecule has 9 nitrogen and oxygen atoms in total. The smallest absolute Gasteiger partial charge is 0.334 e. The molecule has 0 atom stereocenters. The first-order valence-corrected chi connectivity index (χ1v) is 13.1. The molecule has 2 aromatic rings. The van der Waals surface area contributed by atoms with Gasteiger partial charge in [-0.25, -0.2) is 13.8 Å². The zero-order valence-corrected chi connectivity index (χ0v) is 19.6. The Bertz CT molecular complexity index is 1190. The number of aryl methyl sites for hydroxylation is 3. The summed E-state index contributed by atoms with van der Waals surface area (Å²) in [6, 6.07) is 1.35. The molecule has 3 aliphatic carbocycles. The number of hydrogen-bond acceptors (Lipinski definition) is 5. The van der Waals surface area contributed by atoms with Gasteiger partial charge >= 0.3 is 16.2 Å². The lowest BCUT2D eigenvalue weighted by atomic mass is 9.64. The summed E-state index contributed by atoms with van der Waals surface area (Å²) >= 11 is 0. The van der Waals surface area contributed by atoms with Crippen LogP contribution in [-0.4, -0.2) is 43.5 Å². The lowest BCUT2D eigenvalue weighted by Crippen LogP contribution is -2.62. The van der Waals surface area contributed by atoms with Gasteiger partial charge in [-0.05, 0) is 73.6 Å². The van der Waals surface area contributed by atoms with Crippen molar-refractivity contribution in [3.63, 3.8) is 0 Å². The van der Waals surface area contributed by atoms with Gasteiger partial charge in [0.2, 0.25) is 0 Å². The summed E-state index contributed by atoms with van der Waals surface area (Å²) in [5.74, 6) is 0. The second kappa shape index (κ2) is 7.46. The minimum Gasteiger partial charge on any atom is -0.380 e. The van der Waals surface area contributed by atoms with Gasteiger partial charge in [0.25, 0.3) is 0 Å². The lowest BCUT2D eigenvalue weighted by Gasteiger charge is -2.55. The number of carbonyl (C=O) groups excluding carboxylic acids is 1. The molecule has 1 spiro atoms. The topological polar surface area (TPSA) is 106 Å². The first-order chi connectivity index (χ1) is 15.8. The van der Waals surface area contributed by atoms with E-state index in [2.05, 4.69) is 21.2 Å². The number of aromatic nitrogens is 2. The van der Waals surface area contributed by atoms with Crippen LogP contribution >= 0.6 is 0 Å². The number of anilines is 2. The van der Waals surface area contributed by atoms with E-state index in [4.69, 9.17) is 4.74 Å². The number of hydrogen-bond donors (Lipinski definition) is 2. The summed E-state index contributed by atoms with van der Waals surface area (Å²) in [4.78, 5) is 13.0. The van der Waals surface area contributed by atoms with Crippen LogP contribution in [-0.2, 0) is 47.7 Å². The Morgan fingerprint density at radius 1 is 1.15 bits per heavy atom. The minimum atomic E-state index is -4.13. The number of nitrogens with zero attached hydrogens (tertiary/aromatic N) is 3. The zero-order valence-electron chi connectivity index (χ0n) is 18.8.